The molecule has 0 unspecified atom stereocenters. The summed E-state index contributed by atoms with van der Waals surface area (Å²) in [6.07, 6.45) is -3.89. The third kappa shape index (κ3) is 5.18. The number of hydrogen-bond donors (Lipinski definition) is 0. The number of carbonyl (C=O) groups is 1. The molecule has 1 rings (SSSR count). The fourth-order valence-corrected chi connectivity index (χ4v) is 1.79. The van der Waals surface area contributed by atoms with E-state index in [-0.39, 0.29) is 5.75 Å². The Kier molecular flexibility index (Phi) is 4.82. The largest absolute Gasteiger partial charge is 0.522 e. The lowest BCUT2D eigenvalue weighted by atomic mass is 10.2. The van der Waals surface area contributed by atoms with Crippen LogP contribution in [0, 0.1) is 0 Å². The summed E-state index contributed by atoms with van der Waals surface area (Å²) in [4.78, 5) is 11.2. The molecule has 1 aromatic rings. The van der Waals surface area contributed by atoms with Crippen LogP contribution in [0.25, 0.3) is 0 Å². The summed E-state index contributed by atoms with van der Waals surface area (Å²) >= 11 is 1.21. The van der Waals surface area contributed by atoms with Crippen LogP contribution in [-0.2, 0) is 4.74 Å². The van der Waals surface area contributed by atoms with E-state index in [2.05, 4.69) is 4.74 Å². The van der Waals surface area contributed by atoms with Gasteiger partial charge in [-0.25, -0.2) is 0 Å². The van der Waals surface area contributed by atoms with Gasteiger partial charge in [0, 0.05) is 16.2 Å². The SMILES string of the molecule is O=Cc1cccc(SCCOC(F)(F)F)c1. The van der Waals surface area contributed by atoms with E-state index < -0.39 is 13.0 Å². The highest BCUT2D eigenvalue weighted by Crippen LogP contribution is 2.21. The third-order valence-corrected chi connectivity index (χ3v) is 2.57. The van der Waals surface area contributed by atoms with Gasteiger partial charge in [-0.3, -0.25) is 9.53 Å². The number of aldehydes is 1. The van der Waals surface area contributed by atoms with Gasteiger partial charge < -0.3 is 0 Å². The van der Waals surface area contributed by atoms with Crippen molar-refractivity contribution in [3.63, 3.8) is 0 Å². The Hall–Kier alpha value is -1.01. The minimum atomic E-state index is -4.58. The Labute approximate surface area is 94.8 Å². The van der Waals surface area contributed by atoms with E-state index in [1.165, 1.54) is 11.8 Å². The topological polar surface area (TPSA) is 26.3 Å². The molecule has 0 saturated carbocycles. The van der Waals surface area contributed by atoms with Crippen LogP contribution >= 0.6 is 11.8 Å². The van der Waals surface area contributed by atoms with Crippen molar-refractivity contribution in [1.29, 1.82) is 0 Å². The second-order valence-corrected chi connectivity index (χ2v) is 4.00. The van der Waals surface area contributed by atoms with Crippen LogP contribution in [0.2, 0.25) is 0 Å². The number of ether oxygens (including phenoxy) is 1. The van der Waals surface area contributed by atoms with E-state index in [0.29, 0.717) is 11.8 Å². The molecule has 0 bridgehead atoms. The van der Waals surface area contributed by atoms with Crippen molar-refractivity contribution in [2.45, 2.75) is 11.3 Å². The molecule has 2 nitrogen and oxygen atoms in total. The van der Waals surface area contributed by atoms with Crippen LogP contribution in [0.15, 0.2) is 29.2 Å². The van der Waals surface area contributed by atoms with Crippen molar-refractivity contribution in [3.05, 3.63) is 29.8 Å². The molecule has 0 aliphatic rings. The molecule has 0 atom stereocenters. The van der Waals surface area contributed by atoms with E-state index in [9.17, 15) is 18.0 Å². The van der Waals surface area contributed by atoms with Gasteiger partial charge in [-0.1, -0.05) is 12.1 Å². The van der Waals surface area contributed by atoms with Gasteiger partial charge in [0.25, 0.3) is 0 Å². The smallest absolute Gasteiger partial charge is 0.298 e. The molecule has 6 heteroatoms. The minimum absolute atomic E-state index is 0.182. The van der Waals surface area contributed by atoms with Gasteiger partial charge >= 0.3 is 6.36 Å². The number of halogens is 3. The van der Waals surface area contributed by atoms with Crippen LogP contribution in [0.4, 0.5) is 13.2 Å². The Bertz CT molecular complexity index is 352. The van der Waals surface area contributed by atoms with E-state index >= 15 is 0 Å². The highest BCUT2D eigenvalue weighted by atomic mass is 32.2. The van der Waals surface area contributed by atoms with Crippen molar-refractivity contribution in [2.75, 3.05) is 12.4 Å². The third-order valence-electron chi connectivity index (χ3n) is 1.61. The predicted octanol–water partition coefficient (Wildman–Crippen LogP) is 3.13. The first kappa shape index (κ1) is 13.1. The van der Waals surface area contributed by atoms with E-state index in [1.807, 2.05) is 0 Å². The standard InChI is InChI=1S/C10H9F3O2S/c11-10(12,13)15-4-5-16-9-3-1-2-8(6-9)7-14/h1-3,6-7H,4-5H2. The second kappa shape index (κ2) is 5.91. The maximum atomic E-state index is 11.6. The molecule has 0 spiro atoms. The molecule has 88 valence electrons. The molecule has 1 aromatic carbocycles. The maximum absolute atomic E-state index is 11.6. The molecule has 0 fully saturated rings. The Morgan fingerprint density at radius 1 is 1.38 bits per heavy atom. The zero-order valence-corrected chi connectivity index (χ0v) is 8.98. The van der Waals surface area contributed by atoms with E-state index in [0.717, 1.165) is 4.90 Å². The summed E-state index contributed by atoms with van der Waals surface area (Å²) in [5.41, 5.74) is 0.502. The highest BCUT2D eigenvalue weighted by molar-refractivity contribution is 7.99. The number of rotatable bonds is 5. The minimum Gasteiger partial charge on any atom is -0.298 e. The zero-order valence-electron chi connectivity index (χ0n) is 8.16. The number of alkyl halides is 3. The fourth-order valence-electron chi connectivity index (χ4n) is 0.995. The first-order chi connectivity index (χ1) is 7.51. The highest BCUT2D eigenvalue weighted by Gasteiger charge is 2.28. The summed E-state index contributed by atoms with van der Waals surface area (Å²) in [6, 6.07) is 6.65. The van der Waals surface area contributed by atoms with Crippen LogP contribution in [0.1, 0.15) is 10.4 Å². The van der Waals surface area contributed by atoms with Crippen molar-refractivity contribution >= 4 is 18.0 Å². The van der Waals surface area contributed by atoms with E-state index in [4.69, 9.17) is 0 Å². The molecule has 0 radical (unpaired) electrons. The van der Waals surface area contributed by atoms with Crippen LogP contribution in [0.3, 0.4) is 0 Å². The lowest BCUT2D eigenvalue weighted by Gasteiger charge is -2.06. The quantitative estimate of drug-likeness (QED) is 0.456. The summed E-state index contributed by atoms with van der Waals surface area (Å²) in [6.45, 7) is -0.403. The van der Waals surface area contributed by atoms with Gasteiger partial charge in [0.15, 0.2) is 0 Å². The number of thioether (sulfide) groups is 1. The number of carbonyl (C=O) groups excluding carboxylic acids is 1. The molecule has 0 aliphatic heterocycles. The number of benzene rings is 1. The summed E-state index contributed by atoms with van der Waals surface area (Å²) in [7, 11) is 0. The van der Waals surface area contributed by atoms with Crippen LogP contribution in [0.5, 0.6) is 0 Å². The van der Waals surface area contributed by atoms with Gasteiger partial charge in [-0.15, -0.1) is 24.9 Å². The lowest BCUT2D eigenvalue weighted by Crippen LogP contribution is -2.15. The van der Waals surface area contributed by atoms with Crippen LogP contribution < -0.4 is 0 Å². The Morgan fingerprint density at radius 3 is 2.75 bits per heavy atom. The normalized spacial score (nSPS) is 11.4. The molecule has 0 amide bonds. The van der Waals surface area contributed by atoms with Gasteiger partial charge in [-0.2, -0.15) is 0 Å². The van der Waals surface area contributed by atoms with Crippen molar-refractivity contribution in [2.24, 2.45) is 0 Å². The summed E-state index contributed by atoms with van der Waals surface area (Å²) in [5.74, 6) is 0.182. The summed E-state index contributed by atoms with van der Waals surface area (Å²) in [5, 5.41) is 0. The average molecular weight is 250 g/mol. The molecular formula is C10H9F3O2S. The molecular weight excluding hydrogens is 241 g/mol. The summed E-state index contributed by atoms with van der Waals surface area (Å²) < 4.78 is 38.5. The molecule has 0 N–H and O–H groups in total. The Morgan fingerprint density at radius 2 is 2.12 bits per heavy atom. The molecule has 0 aliphatic carbocycles. The zero-order chi connectivity index (χ0) is 12.0. The van der Waals surface area contributed by atoms with Crippen molar-refractivity contribution < 1.29 is 22.7 Å². The monoisotopic (exact) mass is 250 g/mol. The lowest BCUT2D eigenvalue weighted by molar-refractivity contribution is -0.322. The van der Waals surface area contributed by atoms with Crippen molar-refractivity contribution in [1.82, 2.24) is 0 Å². The van der Waals surface area contributed by atoms with Gasteiger partial charge in [0.1, 0.15) is 6.29 Å². The van der Waals surface area contributed by atoms with Gasteiger partial charge in [-0.05, 0) is 12.1 Å². The molecule has 0 heterocycles. The maximum Gasteiger partial charge on any atom is 0.522 e. The number of hydrogen-bond acceptors (Lipinski definition) is 3. The van der Waals surface area contributed by atoms with Gasteiger partial charge in [0.2, 0.25) is 0 Å². The predicted molar refractivity (Wildman–Crippen MR) is 54.6 cm³/mol. The fraction of sp³-hybridized carbons (Fsp3) is 0.300. The van der Waals surface area contributed by atoms with Gasteiger partial charge in [0.05, 0.1) is 6.61 Å². The average Bonchev–Trinajstić information content (AvgIpc) is 2.23. The first-order valence-electron chi connectivity index (χ1n) is 4.40. The van der Waals surface area contributed by atoms with E-state index in [1.54, 1.807) is 24.3 Å². The second-order valence-electron chi connectivity index (χ2n) is 2.83. The molecule has 0 saturated heterocycles. The Balaban J connectivity index is 2.34. The van der Waals surface area contributed by atoms with Crippen molar-refractivity contribution in [3.8, 4) is 0 Å². The first-order valence-corrected chi connectivity index (χ1v) is 5.38. The molecule has 0 aromatic heterocycles. The molecule has 16 heavy (non-hydrogen) atoms. The van der Waals surface area contributed by atoms with Crippen LogP contribution in [-0.4, -0.2) is 25.0 Å².